The van der Waals surface area contributed by atoms with Crippen molar-refractivity contribution in [3.05, 3.63) is 30.6 Å². The first kappa shape index (κ1) is 12.4. The highest BCUT2D eigenvalue weighted by molar-refractivity contribution is 5.87. The summed E-state index contributed by atoms with van der Waals surface area (Å²) in [5.41, 5.74) is 5.58. The minimum Gasteiger partial charge on any atom is -0.333 e. The van der Waals surface area contributed by atoms with Gasteiger partial charge in [-0.25, -0.2) is 0 Å². The summed E-state index contributed by atoms with van der Waals surface area (Å²) in [5.74, 6) is -0.00931. The van der Waals surface area contributed by atoms with Gasteiger partial charge in [0.15, 0.2) is 0 Å². The standard InChI is InChI=1S/C10H13N3O.CH5N/c1-3-10(14)12-7-9-4-5-11-13(9)6-8(12)2;1-2/h3-5,8H,1,6-7H2,2H3;2H2,1H3. The average molecular weight is 222 g/mol. The molecule has 0 bridgehead atoms. The number of rotatable bonds is 1. The van der Waals surface area contributed by atoms with Crippen LogP contribution in [0.3, 0.4) is 0 Å². The van der Waals surface area contributed by atoms with Crippen molar-refractivity contribution in [3.63, 3.8) is 0 Å². The van der Waals surface area contributed by atoms with Gasteiger partial charge in [-0.05, 0) is 26.1 Å². The number of hydrogen-bond acceptors (Lipinski definition) is 3. The lowest BCUT2D eigenvalue weighted by Crippen LogP contribution is -2.44. The third-order valence-electron chi connectivity index (χ3n) is 2.56. The van der Waals surface area contributed by atoms with Crippen molar-refractivity contribution >= 4 is 5.91 Å². The quantitative estimate of drug-likeness (QED) is 0.698. The number of amides is 1. The maximum Gasteiger partial charge on any atom is 0.246 e. The van der Waals surface area contributed by atoms with Crippen LogP contribution in [0, 0.1) is 0 Å². The van der Waals surface area contributed by atoms with Crippen LogP contribution in [-0.4, -0.2) is 33.7 Å². The van der Waals surface area contributed by atoms with Gasteiger partial charge in [-0.1, -0.05) is 6.58 Å². The minimum atomic E-state index is -0.00931. The van der Waals surface area contributed by atoms with E-state index in [1.54, 1.807) is 6.20 Å². The second kappa shape index (κ2) is 5.46. The molecule has 2 rings (SSSR count). The molecule has 0 saturated heterocycles. The van der Waals surface area contributed by atoms with Crippen molar-refractivity contribution in [3.8, 4) is 0 Å². The second-order valence-corrected chi connectivity index (χ2v) is 3.52. The second-order valence-electron chi connectivity index (χ2n) is 3.52. The van der Waals surface area contributed by atoms with Gasteiger partial charge < -0.3 is 10.6 Å². The fourth-order valence-electron chi connectivity index (χ4n) is 1.75. The molecule has 1 atom stereocenters. The summed E-state index contributed by atoms with van der Waals surface area (Å²) in [6.45, 7) is 6.92. The highest BCUT2D eigenvalue weighted by Gasteiger charge is 2.25. The van der Waals surface area contributed by atoms with Gasteiger partial charge in [0, 0.05) is 12.2 Å². The molecule has 0 fully saturated rings. The van der Waals surface area contributed by atoms with Gasteiger partial charge >= 0.3 is 0 Å². The molecular weight excluding hydrogens is 204 g/mol. The zero-order chi connectivity index (χ0) is 12.1. The number of aromatic nitrogens is 2. The van der Waals surface area contributed by atoms with Crippen LogP contribution in [0.4, 0.5) is 0 Å². The molecule has 0 radical (unpaired) electrons. The van der Waals surface area contributed by atoms with Gasteiger partial charge in [0.1, 0.15) is 0 Å². The maximum absolute atomic E-state index is 11.5. The molecule has 5 nitrogen and oxygen atoms in total. The molecule has 2 N–H and O–H groups in total. The topological polar surface area (TPSA) is 64.2 Å². The van der Waals surface area contributed by atoms with Gasteiger partial charge in [0.05, 0.1) is 18.8 Å². The van der Waals surface area contributed by atoms with E-state index in [2.05, 4.69) is 17.4 Å². The molecule has 16 heavy (non-hydrogen) atoms. The van der Waals surface area contributed by atoms with Gasteiger partial charge in [0.2, 0.25) is 5.91 Å². The Morgan fingerprint density at radius 1 is 1.69 bits per heavy atom. The average Bonchev–Trinajstić information content (AvgIpc) is 2.76. The number of nitrogens with zero attached hydrogens (tertiary/aromatic N) is 3. The molecule has 0 spiro atoms. The molecule has 5 heteroatoms. The van der Waals surface area contributed by atoms with Crippen LogP contribution >= 0.6 is 0 Å². The first-order chi connectivity index (χ1) is 7.72. The van der Waals surface area contributed by atoms with E-state index in [1.807, 2.05) is 22.6 Å². The Morgan fingerprint density at radius 3 is 3.00 bits per heavy atom. The lowest BCUT2D eigenvalue weighted by molar-refractivity contribution is -0.129. The lowest BCUT2D eigenvalue weighted by Gasteiger charge is -2.33. The summed E-state index contributed by atoms with van der Waals surface area (Å²) >= 11 is 0. The number of hydrogen-bond donors (Lipinski definition) is 1. The molecule has 1 unspecified atom stereocenters. The Bertz CT molecular complexity index is 372. The van der Waals surface area contributed by atoms with E-state index in [0.29, 0.717) is 6.54 Å². The van der Waals surface area contributed by atoms with E-state index in [-0.39, 0.29) is 11.9 Å². The number of fused-ring (bicyclic) bond motifs is 1. The predicted octanol–water partition coefficient (Wildman–Crippen LogP) is 0.375. The van der Waals surface area contributed by atoms with Crippen molar-refractivity contribution in [2.75, 3.05) is 7.05 Å². The Labute approximate surface area is 95.5 Å². The van der Waals surface area contributed by atoms with E-state index < -0.39 is 0 Å². The molecule has 1 aliphatic heterocycles. The normalized spacial score (nSPS) is 18.2. The first-order valence-corrected chi connectivity index (χ1v) is 5.24. The highest BCUT2D eigenvalue weighted by atomic mass is 16.2. The van der Waals surface area contributed by atoms with Gasteiger partial charge in [-0.15, -0.1) is 0 Å². The molecular formula is C11H18N4O. The Balaban J connectivity index is 0.000000606. The van der Waals surface area contributed by atoms with Crippen molar-refractivity contribution in [2.45, 2.75) is 26.1 Å². The third-order valence-corrected chi connectivity index (χ3v) is 2.56. The summed E-state index contributed by atoms with van der Waals surface area (Å²) in [5, 5.41) is 4.18. The van der Waals surface area contributed by atoms with E-state index in [0.717, 1.165) is 12.2 Å². The monoisotopic (exact) mass is 222 g/mol. The highest BCUT2D eigenvalue weighted by Crippen LogP contribution is 2.16. The smallest absolute Gasteiger partial charge is 0.246 e. The van der Waals surface area contributed by atoms with Crippen molar-refractivity contribution in [1.29, 1.82) is 0 Å². The zero-order valence-electron chi connectivity index (χ0n) is 9.76. The third kappa shape index (κ3) is 2.30. The predicted molar refractivity (Wildman–Crippen MR) is 62.5 cm³/mol. The molecule has 1 amide bonds. The van der Waals surface area contributed by atoms with E-state index in [9.17, 15) is 4.79 Å². The fourth-order valence-corrected chi connectivity index (χ4v) is 1.75. The van der Waals surface area contributed by atoms with Crippen molar-refractivity contribution < 1.29 is 4.79 Å². The van der Waals surface area contributed by atoms with Crippen LogP contribution in [0.2, 0.25) is 0 Å². The largest absolute Gasteiger partial charge is 0.333 e. The van der Waals surface area contributed by atoms with Gasteiger partial charge in [-0.2, -0.15) is 5.10 Å². The molecule has 1 aromatic rings. The Hall–Kier alpha value is -1.62. The summed E-state index contributed by atoms with van der Waals surface area (Å²) in [7, 11) is 1.50. The molecule has 0 aromatic carbocycles. The van der Waals surface area contributed by atoms with E-state index >= 15 is 0 Å². The first-order valence-electron chi connectivity index (χ1n) is 5.24. The van der Waals surface area contributed by atoms with Gasteiger partial charge in [-0.3, -0.25) is 9.48 Å². The van der Waals surface area contributed by atoms with E-state index in [4.69, 9.17) is 0 Å². The molecule has 1 aromatic heterocycles. The lowest BCUT2D eigenvalue weighted by atomic mass is 10.2. The number of carbonyl (C=O) groups excluding carboxylic acids is 1. The van der Waals surface area contributed by atoms with Crippen LogP contribution in [0.25, 0.3) is 0 Å². The van der Waals surface area contributed by atoms with Crippen LogP contribution in [0.5, 0.6) is 0 Å². The van der Waals surface area contributed by atoms with Crippen LogP contribution in [0.15, 0.2) is 24.9 Å². The number of carbonyl (C=O) groups is 1. The zero-order valence-corrected chi connectivity index (χ0v) is 9.76. The summed E-state index contributed by atoms with van der Waals surface area (Å²) in [6.07, 6.45) is 3.13. The van der Waals surface area contributed by atoms with E-state index in [1.165, 1.54) is 13.1 Å². The van der Waals surface area contributed by atoms with Crippen LogP contribution in [-0.2, 0) is 17.9 Å². The fraction of sp³-hybridized carbons (Fsp3) is 0.455. The summed E-state index contributed by atoms with van der Waals surface area (Å²) in [4.78, 5) is 13.3. The summed E-state index contributed by atoms with van der Waals surface area (Å²) in [6, 6.07) is 2.13. The molecule has 0 aliphatic carbocycles. The van der Waals surface area contributed by atoms with Gasteiger partial charge in [0.25, 0.3) is 0 Å². The maximum atomic E-state index is 11.5. The van der Waals surface area contributed by atoms with Crippen LogP contribution < -0.4 is 5.73 Å². The SMILES string of the molecule is C=CC(=O)N1Cc2ccnn2CC1C.CN. The summed E-state index contributed by atoms with van der Waals surface area (Å²) < 4.78 is 1.94. The minimum absolute atomic E-state index is 0.00931. The van der Waals surface area contributed by atoms with Crippen molar-refractivity contribution in [2.24, 2.45) is 5.73 Å². The Morgan fingerprint density at radius 2 is 2.38 bits per heavy atom. The molecule has 2 heterocycles. The van der Waals surface area contributed by atoms with Crippen molar-refractivity contribution in [1.82, 2.24) is 14.7 Å². The van der Waals surface area contributed by atoms with Crippen LogP contribution in [0.1, 0.15) is 12.6 Å². The Kier molecular flexibility index (Phi) is 4.25. The molecule has 88 valence electrons. The molecule has 0 saturated carbocycles. The molecule has 1 aliphatic rings. The number of nitrogens with two attached hydrogens (primary N) is 1.